The monoisotopic (exact) mass is 480 g/mol. The highest BCUT2D eigenvalue weighted by Gasteiger charge is 2.16. The molecule has 1 aliphatic heterocycles. The Labute approximate surface area is 178 Å². The number of piperidine rings is 1. The first kappa shape index (κ1) is 24.0. The van der Waals surface area contributed by atoms with E-state index in [2.05, 4.69) is 29.5 Å². The molecule has 1 saturated carbocycles. The number of halogens is 1. The third-order valence-corrected chi connectivity index (χ3v) is 5.51. The smallest absolute Gasteiger partial charge is 0.191 e. The third-order valence-electron chi connectivity index (χ3n) is 5.51. The van der Waals surface area contributed by atoms with Crippen molar-refractivity contribution in [2.75, 3.05) is 46.4 Å². The van der Waals surface area contributed by atoms with Crippen LogP contribution >= 0.6 is 24.0 Å². The Hall–Kier alpha value is -0.0800. The van der Waals surface area contributed by atoms with Crippen molar-refractivity contribution in [3.8, 4) is 0 Å². The first-order valence-electron chi connectivity index (χ1n) is 10.6. The molecule has 2 aliphatic rings. The number of hydrogen-bond donors (Lipinski definition) is 2. The minimum absolute atomic E-state index is 0. The molecule has 2 N–H and O–H groups in total. The van der Waals surface area contributed by atoms with Crippen molar-refractivity contribution in [1.29, 1.82) is 0 Å². The van der Waals surface area contributed by atoms with Crippen LogP contribution in [0.3, 0.4) is 0 Å². The fourth-order valence-electron chi connectivity index (χ4n) is 3.82. The molecule has 0 bridgehead atoms. The van der Waals surface area contributed by atoms with Gasteiger partial charge in [0.05, 0.1) is 6.10 Å². The summed E-state index contributed by atoms with van der Waals surface area (Å²) >= 11 is 0. The number of likely N-dealkylation sites (tertiary alicyclic amines) is 1. The summed E-state index contributed by atoms with van der Waals surface area (Å²) in [6, 6.07) is 0. The number of hydrogen-bond acceptors (Lipinski definition) is 3. The molecule has 1 heterocycles. The van der Waals surface area contributed by atoms with Crippen LogP contribution in [0.1, 0.15) is 64.7 Å². The molecule has 1 aliphatic carbocycles. The number of ether oxygens (including phenoxy) is 1. The maximum Gasteiger partial charge on any atom is 0.191 e. The molecule has 0 aromatic rings. The van der Waals surface area contributed by atoms with Crippen LogP contribution in [0.5, 0.6) is 0 Å². The lowest BCUT2D eigenvalue weighted by molar-refractivity contribution is 0.0281. The highest BCUT2D eigenvalue weighted by Crippen LogP contribution is 2.20. The van der Waals surface area contributed by atoms with E-state index in [1.807, 2.05) is 0 Å². The largest absolute Gasteiger partial charge is 0.378 e. The quantitative estimate of drug-likeness (QED) is 0.229. The van der Waals surface area contributed by atoms with Crippen molar-refractivity contribution < 1.29 is 4.74 Å². The van der Waals surface area contributed by atoms with E-state index in [-0.39, 0.29) is 24.0 Å². The average Bonchev–Trinajstić information content (AvgIpc) is 2.64. The summed E-state index contributed by atoms with van der Waals surface area (Å²) in [5, 5.41) is 6.86. The first-order chi connectivity index (χ1) is 12.3. The van der Waals surface area contributed by atoms with Gasteiger partial charge in [0.25, 0.3) is 0 Å². The van der Waals surface area contributed by atoms with Gasteiger partial charge in [-0.15, -0.1) is 24.0 Å². The summed E-state index contributed by atoms with van der Waals surface area (Å²) in [6.07, 6.45) is 12.0. The molecular weight excluding hydrogens is 439 g/mol. The first-order valence-corrected chi connectivity index (χ1v) is 10.6. The molecule has 0 spiro atoms. The lowest BCUT2D eigenvalue weighted by Gasteiger charge is -2.29. The lowest BCUT2D eigenvalue weighted by atomic mass is 9.94. The summed E-state index contributed by atoms with van der Waals surface area (Å²) in [5.74, 6) is 1.84. The third kappa shape index (κ3) is 10.3. The van der Waals surface area contributed by atoms with Crippen LogP contribution in [-0.2, 0) is 4.74 Å². The Morgan fingerprint density at radius 3 is 2.50 bits per heavy atom. The molecule has 26 heavy (non-hydrogen) atoms. The van der Waals surface area contributed by atoms with Gasteiger partial charge in [0.2, 0.25) is 0 Å². The van der Waals surface area contributed by atoms with Gasteiger partial charge < -0.3 is 20.3 Å². The van der Waals surface area contributed by atoms with Crippen LogP contribution in [-0.4, -0.2) is 63.3 Å². The number of aliphatic imine (C=N–C) groups is 1. The van der Waals surface area contributed by atoms with Crippen molar-refractivity contribution in [2.45, 2.75) is 70.8 Å². The van der Waals surface area contributed by atoms with Crippen LogP contribution in [0.2, 0.25) is 0 Å². The van der Waals surface area contributed by atoms with Crippen LogP contribution in [0, 0.1) is 5.92 Å². The van der Waals surface area contributed by atoms with E-state index in [0.717, 1.165) is 44.5 Å². The van der Waals surface area contributed by atoms with Crippen LogP contribution in [0.25, 0.3) is 0 Å². The van der Waals surface area contributed by atoms with Gasteiger partial charge in [0.15, 0.2) is 5.96 Å². The number of nitrogens with zero attached hydrogens (tertiary/aromatic N) is 2. The SMILES string of the molecule is CCNC(=NCCCOC1CCCCC1)NCCC1CCN(C)CC1.I. The van der Waals surface area contributed by atoms with Gasteiger partial charge in [0, 0.05) is 26.2 Å². The molecule has 0 aromatic heterocycles. The Morgan fingerprint density at radius 2 is 1.81 bits per heavy atom. The van der Waals surface area contributed by atoms with Crippen LogP contribution in [0.15, 0.2) is 4.99 Å². The molecular formula is C20H41IN4O. The molecule has 2 rings (SSSR count). The standard InChI is InChI=1S/C20H40N4O.HI/c1-3-21-20(23-14-10-18-11-15-24(2)16-12-18)22-13-7-17-25-19-8-5-4-6-9-19;/h18-19H,3-17H2,1-2H3,(H2,21,22,23);1H. The summed E-state index contributed by atoms with van der Waals surface area (Å²) in [4.78, 5) is 7.13. The van der Waals surface area contributed by atoms with Gasteiger partial charge in [-0.25, -0.2) is 0 Å². The molecule has 1 saturated heterocycles. The van der Waals surface area contributed by atoms with Crippen LogP contribution in [0.4, 0.5) is 0 Å². The van der Waals surface area contributed by atoms with Crippen molar-refractivity contribution >= 4 is 29.9 Å². The minimum atomic E-state index is 0. The predicted molar refractivity (Wildman–Crippen MR) is 122 cm³/mol. The zero-order valence-corrected chi connectivity index (χ0v) is 19.3. The van der Waals surface area contributed by atoms with Gasteiger partial charge in [-0.1, -0.05) is 19.3 Å². The topological polar surface area (TPSA) is 48.9 Å². The predicted octanol–water partition coefficient (Wildman–Crippen LogP) is 3.63. The molecule has 154 valence electrons. The molecule has 0 radical (unpaired) electrons. The van der Waals surface area contributed by atoms with E-state index < -0.39 is 0 Å². The molecule has 2 fully saturated rings. The second kappa shape index (κ2) is 14.9. The fourth-order valence-corrected chi connectivity index (χ4v) is 3.82. The Bertz CT molecular complexity index is 367. The van der Waals surface area contributed by atoms with Crippen LogP contribution < -0.4 is 10.6 Å². The molecule has 5 nitrogen and oxygen atoms in total. The maximum absolute atomic E-state index is 5.98. The van der Waals surface area contributed by atoms with Gasteiger partial charge in [-0.3, -0.25) is 4.99 Å². The van der Waals surface area contributed by atoms with E-state index in [1.165, 1.54) is 64.5 Å². The normalized spacial score (nSPS) is 20.6. The molecule has 0 amide bonds. The fraction of sp³-hybridized carbons (Fsp3) is 0.950. The molecule has 0 atom stereocenters. The highest BCUT2D eigenvalue weighted by molar-refractivity contribution is 14.0. The minimum Gasteiger partial charge on any atom is -0.378 e. The average molecular weight is 480 g/mol. The van der Waals surface area contributed by atoms with Gasteiger partial charge in [-0.2, -0.15) is 0 Å². The Balaban J connectivity index is 0.00000338. The Kier molecular flexibility index (Phi) is 13.7. The van der Waals surface area contributed by atoms with Gasteiger partial charge in [0.1, 0.15) is 0 Å². The number of nitrogens with one attached hydrogen (secondary N) is 2. The molecule has 0 unspecified atom stereocenters. The summed E-state index contributed by atoms with van der Waals surface area (Å²) in [7, 11) is 2.22. The summed E-state index contributed by atoms with van der Waals surface area (Å²) in [6.45, 7) is 8.26. The van der Waals surface area contributed by atoms with E-state index in [1.54, 1.807) is 0 Å². The van der Waals surface area contributed by atoms with Crippen molar-refractivity contribution in [3.63, 3.8) is 0 Å². The van der Waals surface area contributed by atoms with E-state index in [4.69, 9.17) is 9.73 Å². The zero-order valence-electron chi connectivity index (χ0n) is 17.0. The number of guanidine groups is 1. The van der Waals surface area contributed by atoms with E-state index >= 15 is 0 Å². The second-order valence-corrected chi connectivity index (χ2v) is 7.71. The lowest BCUT2D eigenvalue weighted by Crippen LogP contribution is -2.39. The maximum atomic E-state index is 5.98. The Morgan fingerprint density at radius 1 is 1.08 bits per heavy atom. The zero-order chi connectivity index (χ0) is 17.7. The van der Waals surface area contributed by atoms with Gasteiger partial charge in [-0.05, 0) is 71.5 Å². The molecule has 6 heteroatoms. The number of rotatable bonds is 9. The highest BCUT2D eigenvalue weighted by atomic mass is 127. The van der Waals surface area contributed by atoms with E-state index in [0.29, 0.717) is 6.10 Å². The van der Waals surface area contributed by atoms with Crippen molar-refractivity contribution in [2.24, 2.45) is 10.9 Å². The van der Waals surface area contributed by atoms with Gasteiger partial charge >= 0.3 is 0 Å². The molecule has 0 aromatic carbocycles. The summed E-state index contributed by atoms with van der Waals surface area (Å²) < 4.78 is 5.98. The van der Waals surface area contributed by atoms with Crippen molar-refractivity contribution in [1.82, 2.24) is 15.5 Å². The second-order valence-electron chi connectivity index (χ2n) is 7.71. The van der Waals surface area contributed by atoms with E-state index in [9.17, 15) is 0 Å². The van der Waals surface area contributed by atoms with Crippen molar-refractivity contribution in [3.05, 3.63) is 0 Å². The summed E-state index contributed by atoms with van der Waals surface area (Å²) in [5.41, 5.74) is 0.